The lowest BCUT2D eigenvalue weighted by Gasteiger charge is -2.33. The van der Waals surface area contributed by atoms with Crippen LogP contribution in [0.3, 0.4) is 0 Å². The number of carbonyl (C=O) groups excluding carboxylic acids is 2. The third-order valence-electron chi connectivity index (χ3n) is 7.27. The summed E-state index contributed by atoms with van der Waals surface area (Å²) < 4.78 is 28.9. The number of amides is 2. The molecule has 11 heteroatoms. The van der Waals surface area contributed by atoms with Crippen molar-refractivity contribution in [1.82, 2.24) is 10.2 Å². The molecule has 1 saturated carbocycles. The van der Waals surface area contributed by atoms with E-state index in [0.29, 0.717) is 26.2 Å². The Morgan fingerprint density at radius 3 is 2.24 bits per heavy atom. The van der Waals surface area contributed by atoms with Gasteiger partial charge in [0.15, 0.2) is 0 Å². The lowest BCUT2D eigenvalue weighted by molar-refractivity contribution is -0.139. The van der Waals surface area contributed by atoms with Crippen molar-refractivity contribution >= 4 is 62.3 Å². The number of sulfonamides is 1. The van der Waals surface area contributed by atoms with Crippen molar-refractivity contribution in [2.24, 2.45) is 0 Å². The molecule has 0 heterocycles. The Bertz CT molecular complexity index is 1510. The van der Waals surface area contributed by atoms with Crippen LogP contribution < -0.4 is 9.62 Å². The van der Waals surface area contributed by atoms with Crippen LogP contribution >= 0.6 is 34.8 Å². The maximum Gasteiger partial charge on any atom is 0.264 e. The van der Waals surface area contributed by atoms with Crippen LogP contribution in [0, 0.1) is 6.92 Å². The summed E-state index contributed by atoms with van der Waals surface area (Å²) in [6, 6.07) is 16.8. The predicted octanol–water partition coefficient (Wildman–Crippen LogP) is 6.63. The average Bonchev–Trinajstić information content (AvgIpc) is 3.45. The van der Waals surface area contributed by atoms with Gasteiger partial charge in [-0.3, -0.25) is 13.9 Å². The van der Waals surface area contributed by atoms with Gasteiger partial charge in [-0.1, -0.05) is 78.0 Å². The number of aryl methyl sites for hydroxylation is 1. The van der Waals surface area contributed by atoms with Crippen LogP contribution in [0.1, 0.15) is 43.7 Å². The Balaban J connectivity index is 1.73. The Morgan fingerprint density at radius 1 is 0.951 bits per heavy atom. The Hall–Kier alpha value is -2.78. The number of anilines is 1. The molecular formula is C30H32Cl3N3O4S. The number of benzene rings is 3. The monoisotopic (exact) mass is 635 g/mol. The summed E-state index contributed by atoms with van der Waals surface area (Å²) in [5, 5.41) is 4.13. The summed E-state index contributed by atoms with van der Waals surface area (Å²) in [6.45, 7) is 2.78. The molecule has 0 radical (unpaired) electrons. The fraction of sp³-hybridized carbons (Fsp3) is 0.333. The van der Waals surface area contributed by atoms with E-state index in [2.05, 4.69) is 5.32 Å². The van der Waals surface area contributed by atoms with Crippen LogP contribution in [-0.4, -0.2) is 43.8 Å². The van der Waals surface area contributed by atoms with Crippen molar-refractivity contribution in [3.8, 4) is 0 Å². The second kappa shape index (κ2) is 13.5. The molecule has 218 valence electrons. The number of halogens is 3. The van der Waals surface area contributed by atoms with E-state index in [1.54, 1.807) is 62.4 Å². The molecule has 1 aliphatic carbocycles. The van der Waals surface area contributed by atoms with Crippen molar-refractivity contribution in [1.29, 1.82) is 0 Å². The number of rotatable bonds is 10. The van der Waals surface area contributed by atoms with Crippen LogP contribution in [0.4, 0.5) is 5.69 Å². The summed E-state index contributed by atoms with van der Waals surface area (Å²) in [6.07, 6.45) is 3.83. The fourth-order valence-corrected chi connectivity index (χ4v) is 7.02. The molecule has 0 aliphatic heterocycles. The Labute approximate surface area is 256 Å². The molecule has 1 atom stereocenters. The minimum Gasteiger partial charge on any atom is -0.352 e. The van der Waals surface area contributed by atoms with Crippen molar-refractivity contribution in [3.05, 3.63) is 92.9 Å². The van der Waals surface area contributed by atoms with Gasteiger partial charge in [0.05, 0.1) is 10.6 Å². The third kappa shape index (κ3) is 7.55. The van der Waals surface area contributed by atoms with Crippen LogP contribution in [0.25, 0.3) is 0 Å². The molecule has 3 aromatic rings. The molecule has 7 nitrogen and oxygen atoms in total. The largest absolute Gasteiger partial charge is 0.352 e. The zero-order chi connectivity index (χ0) is 29.7. The highest BCUT2D eigenvalue weighted by molar-refractivity contribution is 7.92. The minimum absolute atomic E-state index is 0.0199. The zero-order valence-corrected chi connectivity index (χ0v) is 25.9. The quantitative estimate of drug-likeness (QED) is 0.271. The molecule has 1 aliphatic rings. The van der Waals surface area contributed by atoms with E-state index in [0.717, 1.165) is 30.0 Å². The van der Waals surface area contributed by atoms with Crippen molar-refractivity contribution in [2.45, 2.75) is 63.1 Å². The smallest absolute Gasteiger partial charge is 0.264 e. The van der Waals surface area contributed by atoms with E-state index < -0.39 is 28.5 Å². The van der Waals surface area contributed by atoms with E-state index in [-0.39, 0.29) is 29.1 Å². The van der Waals surface area contributed by atoms with Crippen LogP contribution in [-0.2, 0) is 26.2 Å². The number of carbonyl (C=O) groups is 2. The maximum atomic E-state index is 14.1. The summed E-state index contributed by atoms with van der Waals surface area (Å²) in [5.41, 5.74) is 1.45. The van der Waals surface area contributed by atoms with E-state index in [1.165, 1.54) is 23.1 Å². The molecule has 3 aromatic carbocycles. The molecule has 4 rings (SSSR count). The van der Waals surface area contributed by atoms with Crippen molar-refractivity contribution < 1.29 is 18.0 Å². The van der Waals surface area contributed by atoms with Crippen LogP contribution in [0.15, 0.2) is 71.6 Å². The molecule has 41 heavy (non-hydrogen) atoms. The summed E-state index contributed by atoms with van der Waals surface area (Å²) in [7, 11) is -4.19. The normalized spacial score (nSPS) is 14.5. The third-order valence-corrected chi connectivity index (χ3v) is 9.87. The van der Waals surface area contributed by atoms with E-state index >= 15 is 0 Å². The van der Waals surface area contributed by atoms with Gasteiger partial charge in [0.1, 0.15) is 12.6 Å². The highest BCUT2D eigenvalue weighted by Crippen LogP contribution is 2.30. The van der Waals surface area contributed by atoms with Crippen molar-refractivity contribution in [3.63, 3.8) is 0 Å². The van der Waals surface area contributed by atoms with E-state index in [1.807, 2.05) is 0 Å². The lowest BCUT2D eigenvalue weighted by Crippen LogP contribution is -2.52. The first-order valence-electron chi connectivity index (χ1n) is 13.3. The Morgan fingerprint density at radius 2 is 1.59 bits per heavy atom. The van der Waals surface area contributed by atoms with E-state index in [4.69, 9.17) is 34.8 Å². The second-order valence-corrected chi connectivity index (χ2v) is 13.3. The van der Waals surface area contributed by atoms with Gasteiger partial charge in [-0.15, -0.1) is 0 Å². The number of nitrogens with zero attached hydrogens (tertiary/aromatic N) is 2. The van der Waals surface area contributed by atoms with Crippen LogP contribution in [0.5, 0.6) is 0 Å². The number of nitrogens with one attached hydrogen (secondary N) is 1. The van der Waals surface area contributed by atoms with Gasteiger partial charge in [-0.05, 0) is 74.2 Å². The molecule has 0 bridgehead atoms. The van der Waals surface area contributed by atoms with Gasteiger partial charge in [-0.25, -0.2) is 8.42 Å². The fourth-order valence-electron chi connectivity index (χ4n) is 4.89. The van der Waals surface area contributed by atoms with Gasteiger partial charge in [0, 0.05) is 27.7 Å². The van der Waals surface area contributed by atoms with Gasteiger partial charge >= 0.3 is 0 Å². The van der Waals surface area contributed by atoms with Crippen molar-refractivity contribution in [2.75, 3.05) is 10.8 Å². The van der Waals surface area contributed by atoms with Crippen LogP contribution in [0.2, 0.25) is 15.1 Å². The molecule has 2 amide bonds. The lowest BCUT2D eigenvalue weighted by atomic mass is 10.1. The average molecular weight is 637 g/mol. The molecule has 0 aromatic heterocycles. The first-order valence-corrected chi connectivity index (χ1v) is 15.9. The molecule has 0 unspecified atom stereocenters. The Kier molecular flexibility index (Phi) is 10.2. The topological polar surface area (TPSA) is 86.8 Å². The van der Waals surface area contributed by atoms with Gasteiger partial charge in [0.2, 0.25) is 11.8 Å². The first kappa shape index (κ1) is 31.2. The maximum absolute atomic E-state index is 14.1. The number of hydrogen-bond acceptors (Lipinski definition) is 4. The highest BCUT2D eigenvalue weighted by Gasteiger charge is 2.34. The second-order valence-electron chi connectivity index (χ2n) is 10.2. The predicted molar refractivity (Wildman–Crippen MR) is 164 cm³/mol. The SMILES string of the molecule is Cc1ccc(Cl)cc1N(CC(=O)N(Cc1ccc(Cl)cc1Cl)[C@H](C)C(=O)NC1CCCC1)S(=O)(=O)c1ccccc1. The van der Waals surface area contributed by atoms with Gasteiger partial charge in [0.25, 0.3) is 10.0 Å². The van der Waals surface area contributed by atoms with Gasteiger partial charge < -0.3 is 10.2 Å². The number of hydrogen-bond donors (Lipinski definition) is 1. The minimum atomic E-state index is -4.19. The zero-order valence-electron chi connectivity index (χ0n) is 22.8. The summed E-state index contributed by atoms with van der Waals surface area (Å²) in [5.74, 6) is -0.893. The standard InChI is InChI=1S/C30H32Cl3N3O4S/c1-20-12-14-24(32)17-28(20)36(41(39,40)26-10-4-3-5-11-26)19-29(37)35(18-22-13-15-23(31)16-27(22)33)21(2)30(38)34-25-8-6-7-9-25/h3-5,10-17,21,25H,6-9,18-19H2,1-2H3,(H,34,38)/t21-/m1/s1. The van der Waals surface area contributed by atoms with Gasteiger partial charge in [-0.2, -0.15) is 0 Å². The van der Waals surface area contributed by atoms with E-state index in [9.17, 15) is 18.0 Å². The molecule has 0 spiro atoms. The highest BCUT2D eigenvalue weighted by atomic mass is 35.5. The first-order chi connectivity index (χ1) is 19.5. The summed E-state index contributed by atoms with van der Waals surface area (Å²) >= 11 is 18.8. The summed E-state index contributed by atoms with van der Waals surface area (Å²) in [4.78, 5) is 28.8. The molecule has 1 fully saturated rings. The molecule has 0 saturated heterocycles. The molecule has 1 N–H and O–H groups in total. The molecular weight excluding hydrogens is 605 g/mol.